The average molecular weight is 450 g/mol. The Morgan fingerprint density at radius 1 is 1.26 bits per heavy atom. The van der Waals surface area contributed by atoms with Gasteiger partial charge in [-0.15, -0.1) is 5.10 Å². The van der Waals surface area contributed by atoms with E-state index in [0.717, 1.165) is 23.6 Å². The normalized spacial score (nSPS) is 10.6. The summed E-state index contributed by atoms with van der Waals surface area (Å²) >= 11 is 9.25. The summed E-state index contributed by atoms with van der Waals surface area (Å²) in [4.78, 5) is 17.9. The molecule has 0 fully saturated rings. The van der Waals surface area contributed by atoms with Crippen molar-refractivity contribution in [1.29, 1.82) is 0 Å². The summed E-state index contributed by atoms with van der Waals surface area (Å²) in [5, 5.41) is 7.24. The number of pyridine rings is 1. The smallest absolute Gasteiger partial charge is 0.280 e. The number of H-pyrrole nitrogens is 1. The van der Waals surface area contributed by atoms with E-state index in [4.69, 9.17) is 16.3 Å². The summed E-state index contributed by atoms with van der Waals surface area (Å²) in [7, 11) is 1.83. The molecule has 27 heavy (non-hydrogen) atoms. The van der Waals surface area contributed by atoms with E-state index in [0.29, 0.717) is 22.6 Å². The van der Waals surface area contributed by atoms with Crippen LogP contribution in [-0.2, 0) is 6.42 Å². The van der Waals surface area contributed by atoms with Crippen LogP contribution < -0.4 is 15.2 Å². The van der Waals surface area contributed by atoms with Crippen molar-refractivity contribution in [3.8, 4) is 5.88 Å². The number of hydrogen-bond donors (Lipinski definition) is 1. The van der Waals surface area contributed by atoms with E-state index in [1.165, 1.54) is 5.56 Å². The van der Waals surface area contributed by atoms with Crippen molar-refractivity contribution in [2.75, 3.05) is 18.6 Å². The Kier molecular flexibility index (Phi) is 6.47. The van der Waals surface area contributed by atoms with Crippen LogP contribution in [-0.4, -0.2) is 28.8 Å². The van der Waals surface area contributed by atoms with Crippen molar-refractivity contribution < 1.29 is 4.74 Å². The van der Waals surface area contributed by atoms with E-state index in [-0.39, 0.29) is 5.56 Å². The Morgan fingerprint density at radius 3 is 2.74 bits per heavy atom. The maximum absolute atomic E-state index is 12.0. The van der Waals surface area contributed by atoms with E-state index in [2.05, 4.69) is 31.1 Å². The number of aromatic amines is 1. The van der Waals surface area contributed by atoms with Crippen LogP contribution in [0.1, 0.15) is 12.0 Å². The monoisotopic (exact) mass is 448 g/mol. The van der Waals surface area contributed by atoms with Crippen molar-refractivity contribution in [2.24, 2.45) is 0 Å². The number of rotatable bonds is 7. The molecule has 2 aromatic heterocycles. The topological polar surface area (TPSA) is 71.1 Å². The molecule has 0 saturated heterocycles. The Labute approximate surface area is 170 Å². The number of benzene rings is 1. The first-order valence-corrected chi connectivity index (χ1v) is 9.52. The maximum Gasteiger partial charge on any atom is 0.280 e. The third-order valence-corrected chi connectivity index (χ3v) is 4.99. The molecule has 6 nitrogen and oxygen atoms in total. The highest BCUT2D eigenvalue weighted by molar-refractivity contribution is 9.10. The van der Waals surface area contributed by atoms with Crippen LogP contribution in [0.25, 0.3) is 0 Å². The summed E-state index contributed by atoms with van der Waals surface area (Å²) in [5.41, 5.74) is 2.23. The van der Waals surface area contributed by atoms with E-state index < -0.39 is 0 Å². The van der Waals surface area contributed by atoms with Gasteiger partial charge in [-0.3, -0.25) is 9.78 Å². The first kappa shape index (κ1) is 19.4. The molecule has 140 valence electrons. The second-order valence-electron chi connectivity index (χ2n) is 5.87. The summed E-state index contributed by atoms with van der Waals surface area (Å²) < 4.78 is 6.22. The molecule has 0 aliphatic heterocycles. The average Bonchev–Trinajstić information content (AvgIpc) is 2.69. The van der Waals surface area contributed by atoms with Gasteiger partial charge in [-0.05, 0) is 58.6 Å². The number of nitrogens with one attached hydrogen (secondary N) is 1. The maximum atomic E-state index is 12.0. The molecule has 0 atom stereocenters. The number of hydrogen-bond acceptors (Lipinski definition) is 5. The molecule has 0 aliphatic rings. The van der Waals surface area contributed by atoms with Crippen LogP contribution in [0.4, 0.5) is 11.4 Å². The van der Waals surface area contributed by atoms with Crippen LogP contribution in [0.2, 0.25) is 5.02 Å². The van der Waals surface area contributed by atoms with Gasteiger partial charge in [0.2, 0.25) is 0 Å². The van der Waals surface area contributed by atoms with Crippen molar-refractivity contribution in [3.05, 3.63) is 74.2 Å². The third-order valence-electron chi connectivity index (χ3n) is 4.00. The molecule has 0 unspecified atom stereocenters. The number of anilines is 2. The first-order chi connectivity index (χ1) is 13.1. The van der Waals surface area contributed by atoms with Gasteiger partial charge in [0, 0.05) is 18.3 Å². The van der Waals surface area contributed by atoms with Crippen molar-refractivity contribution in [3.63, 3.8) is 0 Å². The molecule has 1 aromatic carbocycles. The van der Waals surface area contributed by atoms with Gasteiger partial charge < -0.3 is 9.64 Å². The zero-order chi connectivity index (χ0) is 19.2. The molecular formula is C19H18BrClN4O2. The number of aryl methyl sites for hydroxylation is 1. The lowest BCUT2D eigenvalue weighted by Crippen LogP contribution is -2.20. The van der Waals surface area contributed by atoms with E-state index >= 15 is 0 Å². The van der Waals surface area contributed by atoms with Gasteiger partial charge in [-0.2, -0.15) is 0 Å². The molecule has 0 spiro atoms. The largest absolute Gasteiger partial charge is 0.475 e. The highest BCUT2D eigenvalue weighted by Gasteiger charge is 2.19. The summed E-state index contributed by atoms with van der Waals surface area (Å²) in [5.74, 6) is 0.351. The number of nitrogens with zero attached hydrogens (tertiary/aromatic N) is 3. The fraction of sp³-hybridized carbons (Fsp3) is 0.211. The number of halogens is 2. The molecule has 0 bridgehead atoms. The van der Waals surface area contributed by atoms with Crippen molar-refractivity contribution in [2.45, 2.75) is 12.8 Å². The number of aromatic nitrogens is 3. The predicted octanol–water partition coefficient (Wildman–Crippen LogP) is 4.36. The predicted molar refractivity (Wildman–Crippen MR) is 110 cm³/mol. The lowest BCUT2D eigenvalue weighted by Gasteiger charge is -2.22. The second-order valence-corrected chi connectivity index (χ2v) is 7.10. The lowest BCUT2D eigenvalue weighted by atomic mass is 10.1. The summed E-state index contributed by atoms with van der Waals surface area (Å²) in [6.45, 7) is 0.460. The SMILES string of the molecule is CN(c1cccnc1)c1c(OCCCc2ccc(Cl)cc2)n[nH]c(=O)c1Br. The molecule has 1 N–H and O–H groups in total. The van der Waals surface area contributed by atoms with Gasteiger partial charge >= 0.3 is 0 Å². The second kappa shape index (κ2) is 9.01. The minimum Gasteiger partial charge on any atom is -0.475 e. The zero-order valence-electron chi connectivity index (χ0n) is 14.7. The zero-order valence-corrected chi connectivity index (χ0v) is 17.0. The van der Waals surface area contributed by atoms with E-state index in [9.17, 15) is 4.79 Å². The fourth-order valence-corrected chi connectivity index (χ4v) is 3.22. The molecule has 2 heterocycles. The van der Waals surface area contributed by atoms with E-state index in [1.807, 2.05) is 48.3 Å². The van der Waals surface area contributed by atoms with Crippen molar-refractivity contribution >= 4 is 38.9 Å². The Bertz CT molecular complexity index is 948. The van der Waals surface area contributed by atoms with Crippen molar-refractivity contribution in [1.82, 2.24) is 15.2 Å². The quantitative estimate of drug-likeness (QED) is 0.543. The van der Waals surface area contributed by atoms with Crippen LogP contribution in [0.3, 0.4) is 0 Å². The fourth-order valence-electron chi connectivity index (χ4n) is 2.57. The van der Waals surface area contributed by atoms with E-state index in [1.54, 1.807) is 12.4 Å². The van der Waals surface area contributed by atoms with Crippen LogP contribution in [0.5, 0.6) is 5.88 Å². The van der Waals surface area contributed by atoms with Gasteiger partial charge in [0.05, 0.1) is 18.5 Å². The summed E-state index contributed by atoms with van der Waals surface area (Å²) in [6.07, 6.45) is 5.06. The molecule has 3 aromatic rings. The first-order valence-electron chi connectivity index (χ1n) is 8.35. The third kappa shape index (κ3) is 4.87. The highest BCUT2D eigenvalue weighted by Crippen LogP contribution is 2.34. The molecule has 3 rings (SSSR count). The van der Waals surface area contributed by atoms with Crippen LogP contribution >= 0.6 is 27.5 Å². The van der Waals surface area contributed by atoms with Crippen LogP contribution in [0.15, 0.2) is 58.1 Å². The Morgan fingerprint density at radius 2 is 2.04 bits per heavy atom. The highest BCUT2D eigenvalue weighted by atomic mass is 79.9. The Hall–Kier alpha value is -2.38. The minimum atomic E-state index is -0.325. The van der Waals surface area contributed by atoms with Gasteiger partial charge in [0.1, 0.15) is 10.2 Å². The minimum absolute atomic E-state index is 0.325. The molecule has 0 radical (unpaired) electrons. The van der Waals surface area contributed by atoms with Gasteiger partial charge in [-0.1, -0.05) is 23.7 Å². The van der Waals surface area contributed by atoms with Gasteiger partial charge in [0.25, 0.3) is 11.4 Å². The molecule has 0 amide bonds. The molecular weight excluding hydrogens is 432 g/mol. The summed E-state index contributed by atoms with van der Waals surface area (Å²) in [6, 6.07) is 11.5. The molecule has 0 saturated carbocycles. The standard InChI is InChI=1S/C19H18BrClN4O2/c1-25(15-5-2-10-22-12-15)17-16(20)18(26)23-24-19(17)27-11-3-4-13-6-8-14(21)9-7-13/h2,5-10,12H,3-4,11H2,1H3,(H,23,26). The lowest BCUT2D eigenvalue weighted by molar-refractivity contribution is 0.296. The molecule has 8 heteroatoms. The van der Waals surface area contributed by atoms with Gasteiger partial charge in [-0.25, -0.2) is 5.10 Å². The number of ether oxygens (including phenoxy) is 1. The van der Waals surface area contributed by atoms with Crippen LogP contribution in [0, 0.1) is 0 Å². The Balaban J connectivity index is 1.72. The van der Waals surface area contributed by atoms with Gasteiger partial charge in [0.15, 0.2) is 0 Å². The molecule has 0 aliphatic carbocycles.